The zero-order valence-corrected chi connectivity index (χ0v) is 13.5. The average Bonchev–Trinajstić information content (AvgIpc) is 2.35. The van der Waals surface area contributed by atoms with Crippen LogP contribution in [0.5, 0.6) is 0 Å². The van der Waals surface area contributed by atoms with Crippen LogP contribution in [0.1, 0.15) is 39.2 Å². The summed E-state index contributed by atoms with van der Waals surface area (Å²) in [5, 5.41) is 2.96. The van der Waals surface area contributed by atoms with E-state index in [-0.39, 0.29) is 16.3 Å². The number of carbonyl (C=O) groups excluding carboxylic acids is 1. The summed E-state index contributed by atoms with van der Waals surface area (Å²) in [5.74, 6) is -0.00843. The largest absolute Gasteiger partial charge is 0.351 e. The molecule has 4 nitrogen and oxygen atoms in total. The molecule has 0 atom stereocenters. The molecule has 0 aromatic heterocycles. The van der Waals surface area contributed by atoms with Crippen LogP contribution in [0.3, 0.4) is 0 Å². The van der Waals surface area contributed by atoms with Gasteiger partial charge in [-0.05, 0) is 44.4 Å². The Morgan fingerprint density at radius 2 is 1.80 bits per heavy atom. The van der Waals surface area contributed by atoms with Gasteiger partial charge in [0.1, 0.15) is 0 Å². The zero-order valence-electron chi connectivity index (χ0n) is 11.9. The first-order chi connectivity index (χ1) is 9.14. The van der Waals surface area contributed by atoms with E-state index in [1.54, 1.807) is 12.1 Å². The molecule has 112 valence electrons. The van der Waals surface area contributed by atoms with Crippen molar-refractivity contribution in [2.24, 2.45) is 0 Å². The monoisotopic (exact) mass is 317 g/mol. The lowest BCUT2D eigenvalue weighted by Crippen LogP contribution is -2.42. The lowest BCUT2D eigenvalue weighted by atomic mass is 10.0. The number of amides is 1. The Kier molecular flexibility index (Phi) is 5.59. The molecule has 0 bridgehead atoms. The van der Waals surface area contributed by atoms with Crippen molar-refractivity contribution >= 4 is 25.6 Å². The third kappa shape index (κ3) is 5.51. The molecule has 0 aliphatic heterocycles. The molecule has 0 unspecified atom stereocenters. The Labute approximate surface area is 124 Å². The Morgan fingerprint density at radius 1 is 1.25 bits per heavy atom. The Balaban J connectivity index is 2.57. The molecule has 0 saturated heterocycles. The summed E-state index contributed by atoms with van der Waals surface area (Å²) in [5.41, 5.74) is 0.701. The highest BCUT2D eigenvalue weighted by molar-refractivity contribution is 8.13. The fourth-order valence-electron chi connectivity index (χ4n) is 1.60. The lowest BCUT2D eigenvalue weighted by Gasteiger charge is -2.24. The highest BCUT2D eigenvalue weighted by atomic mass is 35.7. The maximum atomic E-state index is 11.8. The molecule has 6 heteroatoms. The highest BCUT2D eigenvalue weighted by Crippen LogP contribution is 2.16. The third-order valence-electron chi connectivity index (χ3n) is 3.21. The van der Waals surface area contributed by atoms with Crippen molar-refractivity contribution in [1.29, 1.82) is 0 Å². The number of carbonyl (C=O) groups is 1. The van der Waals surface area contributed by atoms with Crippen molar-refractivity contribution in [2.45, 2.75) is 50.5 Å². The van der Waals surface area contributed by atoms with Crippen molar-refractivity contribution in [2.75, 3.05) is 0 Å². The van der Waals surface area contributed by atoms with E-state index in [0.29, 0.717) is 12.8 Å². The Hall–Kier alpha value is -1.07. The molecule has 1 amide bonds. The average molecular weight is 318 g/mol. The van der Waals surface area contributed by atoms with E-state index in [2.05, 4.69) is 5.32 Å². The third-order valence-corrected chi connectivity index (χ3v) is 4.58. The van der Waals surface area contributed by atoms with Crippen LogP contribution >= 0.6 is 10.7 Å². The fourth-order valence-corrected chi connectivity index (χ4v) is 2.37. The van der Waals surface area contributed by atoms with Gasteiger partial charge in [0.2, 0.25) is 5.91 Å². The quantitative estimate of drug-likeness (QED) is 0.821. The van der Waals surface area contributed by atoms with Gasteiger partial charge < -0.3 is 5.32 Å². The molecule has 20 heavy (non-hydrogen) atoms. The van der Waals surface area contributed by atoms with Crippen LogP contribution in [0, 0.1) is 0 Å². The molecule has 0 fully saturated rings. The molecule has 1 aromatic carbocycles. The van der Waals surface area contributed by atoms with Crippen LogP contribution in [0.2, 0.25) is 0 Å². The first-order valence-corrected chi connectivity index (χ1v) is 8.79. The summed E-state index contributed by atoms with van der Waals surface area (Å²) < 4.78 is 22.2. The lowest BCUT2D eigenvalue weighted by molar-refractivity contribution is -0.122. The molecule has 0 radical (unpaired) electrons. The zero-order chi connectivity index (χ0) is 15.4. The van der Waals surface area contributed by atoms with Crippen LogP contribution in [0.15, 0.2) is 29.2 Å². The van der Waals surface area contributed by atoms with Crippen LogP contribution in [-0.4, -0.2) is 19.9 Å². The summed E-state index contributed by atoms with van der Waals surface area (Å²) >= 11 is 0. The van der Waals surface area contributed by atoms with Crippen LogP contribution < -0.4 is 5.32 Å². The number of hydrogen-bond donors (Lipinski definition) is 1. The summed E-state index contributed by atoms with van der Waals surface area (Å²) in [6, 6.07) is 6.25. The summed E-state index contributed by atoms with van der Waals surface area (Å²) in [7, 11) is 1.55. The van der Waals surface area contributed by atoms with Crippen molar-refractivity contribution in [3.05, 3.63) is 29.8 Å². The van der Waals surface area contributed by atoms with Crippen LogP contribution in [-0.2, 0) is 20.3 Å². The maximum Gasteiger partial charge on any atom is 0.261 e. The van der Waals surface area contributed by atoms with Gasteiger partial charge in [0.25, 0.3) is 9.05 Å². The number of hydrogen-bond acceptors (Lipinski definition) is 3. The van der Waals surface area contributed by atoms with E-state index < -0.39 is 9.05 Å². The summed E-state index contributed by atoms with van der Waals surface area (Å²) in [6.45, 7) is 5.97. The highest BCUT2D eigenvalue weighted by Gasteiger charge is 2.17. The minimum atomic E-state index is -3.69. The van der Waals surface area contributed by atoms with E-state index in [4.69, 9.17) is 10.7 Å². The Bertz CT molecular complexity index is 565. The van der Waals surface area contributed by atoms with Crippen molar-refractivity contribution < 1.29 is 13.2 Å². The summed E-state index contributed by atoms with van der Waals surface area (Å²) in [4.78, 5) is 11.9. The maximum absolute atomic E-state index is 11.8. The van der Waals surface area contributed by atoms with Gasteiger partial charge in [-0.3, -0.25) is 4.79 Å². The molecule has 1 N–H and O–H groups in total. The molecular formula is C14H20ClNO3S. The van der Waals surface area contributed by atoms with E-state index in [1.165, 1.54) is 12.1 Å². The van der Waals surface area contributed by atoms with E-state index in [1.807, 2.05) is 20.8 Å². The van der Waals surface area contributed by atoms with Gasteiger partial charge in [0, 0.05) is 22.6 Å². The molecule has 1 aromatic rings. The number of benzene rings is 1. The van der Waals surface area contributed by atoms with Gasteiger partial charge in [0.05, 0.1) is 4.90 Å². The first kappa shape index (κ1) is 17.0. The molecular weight excluding hydrogens is 298 g/mol. The van der Waals surface area contributed by atoms with E-state index in [9.17, 15) is 13.2 Å². The second-order valence-corrected chi connectivity index (χ2v) is 7.93. The van der Waals surface area contributed by atoms with Gasteiger partial charge in [-0.15, -0.1) is 0 Å². The molecule has 0 heterocycles. The molecule has 0 saturated carbocycles. The number of halogens is 1. The van der Waals surface area contributed by atoms with Gasteiger partial charge in [-0.2, -0.15) is 0 Å². The first-order valence-electron chi connectivity index (χ1n) is 6.49. The van der Waals surface area contributed by atoms with Crippen LogP contribution in [0.25, 0.3) is 0 Å². The van der Waals surface area contributed by atoms with Gasteiger partial charge in [0.15, 0.2) is 0 Å². The number of aryl methyl sites for hydroxylation is 1. The number of rotatable bonds is 6. The van der Waals surface area contributed by atoms with Crippen molar-refractivity contribution in [3.8, 4) is 0 Å². The van der Waals surface area contributed by atoms with Crippen molar-refractivity contribution in [1.82, 2.24) is 5.32 Å². The predicted molar refractivity (Wildman–Crippen MR) is 80.3 cm³/mol. The molecule has 0 aliphatic carbocycles. The van der Waals surface area contributed by atoms with Crippen LogP contribution in [0.4, 0.5) is 0 Å². The topological polar surface area (TPSA) is 63.2 Å². The molecule has 0 aliphatic rings. The second kappa shape index (κ2) is 6.59. The minimum absolute atomic E-state index is 0.00843. The fraction of sp³-hybridized carbons (Fsp3) is 0.500. The van der Waals surface area contributed by atoms with Gasteiger partial charge in [-0.25, -0.2) is 8.42 Å². The van der Waals surface area contributed by atoms with Crippen molar-refractivity contribution in [3.63, 3.8) is 0 Å². The van der Waals surface area contributed by atoms with E-state index >= 15 is 0 Å². The van der Waals surface area contributed by atoms with Gasteiger partial charge in [-0.1, -0.05) is 19.1 Å². The number of nitrogens with one attached hydrogen (secondary N) is 1. The smallest absolute Gasteiger partial charge is 0.261 e. The standard InChI is InChI=1S/C14H20ClNO3S/c1-4-14(2,3)16-13(17)10-7-11-5-8-12(9-6-11)20(15,18)19/h5-6,8-9H,4,7,10H2,1-3H3,(H,16,17). The molecule has 1 rings (SSSR count). The SMILES string of the molecule is CCC(C)(C)NC(=O)CCc1ccc(S(=O)(=O)Cl)cc1. The second-order valence-electron chi connectivity index (χ2n) is 5.37. The minimum Gasteiger partial charge on any atom is -0.351 e. The van der Waals surface area contributed by atoms with E-state index in [0.717, 1.165) is 12.0 Å². The van der Waals surface area contributed by atoms with Gasteiger partial charge >= 0.3 is 0 Å². The molecule has 0 spiro atoms. The Morgan fingerprint density at radius 3 is 2.25 bits per heavy atom. The normalized spacial score (nSPS) is 12.2. The predicted octanol–water partition coefficient (Wildman–Crippen LogP) is 2.85. The summed E-state index contributed by atoms with van der Waals surface area (Å²) in [6.07, 6.45) is 1.80.